The van der Waals surface area contributed by atoms with Gasteiger partial charge in [0.15, 0.2) is 11.7 Å². The number of nitrogens with zero attached hydrogens (tertiary/aromatic N) is 2. The van der Waals surface area contributed by atoms with Crippen LogP contribution in [0.4, 0.5) is 5.69 Å². The van der Waals surface area contributed by atoms with Gasteiger partial charge in [-0.05, 0) is 19.1 Å². The maximum Gasteiger partial charge on any atom is 0.249 e. The van der Waals surface area contributed by atoms with Gasteiger partial charge >= 0.3 is 0 Å². The fraction of sp³-hybridized carbons (Fsp3) is 0.200. The summed E-state index contributed by atoms with van der Waals surface area (Å²) in [5, 5.41) is 11.0. The number of pyridine rings is 1. The Morgan fingerprint density at radius 2 is 2.33 bits per heavy atom. The number of ketones is 1. The normalized spacial score (nSPS) is 11.2. The molecule has 0 spiro atoms. The largest absolute Gasteiger partial charge is 0.323 e. The van der Waals surface area contributed by atoms with Gasteiger partial charge in [0.1, 0.15) is 0 Å². The molecule has 76 valence electrons. The van der Waals surface area contributed by atoms with Crippen molar-refractivity contribution in [2.24, 2.45) is 5.92 Å². The topological polar surface area (TPSA) is 82.8 Å². The summed E-state index contributed by atoms with van der Waals surface area (Å²) in [5.74, 6) is -2.36. The van der Waals surface area contributed by atoms with E-state index in [1.54, 1.807) is 24.4 Å². The Labute approximate surface area is 86.7 Å². The second-order valence-electron chi connectivity index (χ2n) is 2.90. The van der Waals surface area contributed by atoms with E-state index < -0.39 is 17.6 Å². The number of nitriles is 1. The first-order chi connectivity index (χ1) is 7.15. The minimum Gasteiger partial charge on any atom is -0.323 e. The zero-order chi connectivity index (χ0) is 11.3. The average Bonchev–Trinajstić information content (AvgIpc) is 2.19. The number of hydrogen-bond donors (Lipinski definition) is 1. The van der Waals surface area contributed by atoms with Crippen LogP contribution in [-0.4, -0.2) is 16.7 Å². The number of Topliss-reactive ketones (excluding diaryl/α,β-unsaturated/α-hetero) is 1. The highest BCUT2D eigenvalue weighted by atomic mass is 16.2. The summed E-state index contributed by atoms with van der Waals surface area (Å²) < 4.78 is 0. The molecule has 0 saturated heterocycles. The lowest BCUT2D eigenvalue weighted by molar-refractivity contribution is -0.127. The standard InChI is InChI=1S/C10H9N3O2/c1-7(14)9(5-11)10(15)13-8-3-2-4-12-6-8/h2-4,6,9H,1H3,(H,13,15). The van der Waals surface area contributed by atoms with Crippen LogP contribution in [0.25, 0.3) is 0 Å². The Bertz CT molecular complexity index is 408. The average molecular weight is 203 g/mol. The van der Waals surface area contributed by atoms with Gasteiger partial charge in [-0.25, -0.2) is 0 Å². The van der Waals surface area contributed by atoms with E-state index in [4.69, 9.17) is 5.26 Å². The van der Waals surface area contributed by atoms with Crippen molar-refractivity contribution in [3.63, 3.8) is 0 Å². The summed E-state index contributed by atoms with van der Waals surface area (Å²) >= 11 is 0. The molecule has 0 aromatic carbocycles. The summed E-state index contributed by atoms with van der Waals surface area (Å²) in [4.78, 5) is 26.1. The Kier molecular flexibility index (Phi) is 3.52. The molecule has 1 unspecified atom stereocenters. The molecule has 0 bridgehead atoms. The number of nitrogens with one attached hydrogen (secondary N) is 1. The van der Waals surface area contributed by atoms with E-state index in [2.05, 4.69) is 10.3 Å². The van der Waals surface area contributed by atoms with Crippen molar-refractivity contribution < 1.29 is 9.59 Å². The van der Waals surface area contributed by atoms with Gasteiger partial charge in [0.2, 0.25) is 5.91 Å². The number of carbonyl (C=O) groups excluding carboxylic acids is 2. The van der Waals surface area contributed by atoms with Crippen LogP contribution >= 0.6 is 0 Å². The molecule has 0 aliphatic heterocycles. The van der Waals surface area contributed by atoms with Crippen LogP contribution in [0.5, 0.6) is 0 Å². The van der Waals surface area contributed by atoms with Gasteiger partial charge < -0.3 is 5.32 Å². The minimum absolute atomic E-state index is 0.462. The molecule has 1 rings (SSSR count). The summed E-state index contributed by atoms with van der Waals surface area (Å²) in [5.41, 5.74) is 0.462. The molecule has 0 aliphatic rings. The first-order valence-electron chi connectivity index (χ1n) is 4.26. The van der Waals surface area contributed by atoms with Crippen molar-refractivity contribution in [1.29, 1.82) is 5.26 Å². The molecular weight excluding hydrogens is 194 g/mol. The third-order valence-corrected chi connectivity index (χ3v) is 1.73. The van der Waals surface area contributed by atoms with Gasteiger partial charge in [-0.1, -0.05) is 0 Å². The fourth-order valence-corrected chi connectivity index (χ4v) is 0.985. The maximum absolute atomic E-state index is 11.4. The molecule has 0 fully saturated rings. The van der Waals surface area contributed by atoms with Crippen LogP contribution in [0.3, 0.4) is 0 Å². The Balaban J connectivity index is 2.72. The lowest BCUT2D eigenvalue weighted by Crippen LogP contribution is -2.26. The molecule has 1 N–H and O–H groups in total. The number of anilines is 1. The van der Waals surface area contributed by atoms with Gasteiger partial charge in [0.25, 0.3) is 0 Å². The predicted molar refractivity (Wildman–Crippen MR) is 52.7 cm³/mol. The molecule has 0 aliphatic carbocycles. The zero-order valence-electron chi connectivity index (χ0n) is 8.10. The number of hydrogen-bond acceptors (Lipinski definition) is 4. The van der Waals surface area contributed by atoms with Crippen molar-refractivity contribution in [2.75, 3.05) is 5.32 Å². The van der Waals surface area contributed by atoms with E-state index in [1.165, 1.54) is 13.1 Å². The molecule has 0 saturated carbocycles. The molecule has 0 radical (unpaired) electrons. The SMILES string of the molecule is CC(=O)C(C#N)C(=O)Nc1cccnc1. The number of carbonyl (C=O) groups is 2. The highest BCUT2D eigenvalue weighted by molar-refractivity contribution is 6.08. The van der Waals surface area contributed by atoms with Crippen molar-refractivity contribution in [2.45, 2.75) is 6.92 Å². The molecule has 1 amide bonds. The minimum atomic E-state index is -1.26. The van der Waals surface area contributed by atoms with Crippen LogP contribution in [-0.2, 0) is 9.59 Å². The van der Waals surface area contributed by atoms with E-state index in [0.29, 0.717) is 5.69 Å². The van der Waals surface area contributed by atoms with Gasteiger partial charge in [0.05, 0.1) is 18.0 Å². The summed E-state index contributed by atoms with van der Waals surface area (Å²) in [6.45, 7) is 1.21. The molecule has 15 heavy (non-hydrogen) atoms. The molecule has 1 atom stereocenters. The van der Waals surface area contributed by atoms with Gasteiger partial charge in [-0.2, -0.15) is 5.26 Å². The van der Waals surface area contributed by atoms with Crippen LogP contribution < -0.4 is 5.32 Å². The smallest absolute Gasteiger partial charge is 0.249 e. The van der Waals surface area contributed by atoms with Crippen LogP contribution in [0.1, 0.15) is 6.92 Å². The van der Waals surface area contributed by atoms with Crippen molar-refractivity contribution in [3.8, 4) is 6.07 Å². The van der Waals surface area contributed by atoms with E-state index in [1.807, 2.05) is 0 Å². The number of amides is 1. The quantitative estimate of drug-likeness (QED) is 0.735. The molecule has 1 heterocycles. The molecule has 1 aromatic heterocycles. The number of rotatable bonds is 3. The number of aromatic nitrogens is 1. The Morgan fingerprint density at radius 3 is 2.80 bits per heavy atom. The van der Waals surface area contributed by atoms with Gasteiger partial charge in [-0.15, -0.1) is 0 Å². The molecular formula is C10H9N3O2. The molecule has 5 heteroatoms. The summed E-state index contributed by atoms with van der Waals surface area (Å²) in [6.07, 6.45) is 2.99. The molecule has 1 aromatic rings. The van der Waals surface area contributed by atoms with Gasteiger partial charge in [0, 0.05) is 6.20 Å². The summed E-state index contributed by atoms with van der Waals surface area (Å²) in [6, 6.07) is 4.91. The van der Waals surface area contributed by atoms with Crippen molar-refractivity contribution in [1.82, 2.24) is 4.98 Å². The first kappa shape index (κ1) is 10.9. The van der Waals surface area contributed by atoms with E-state index in [-0.39, 0.29) is 0 Å². The third-order valence-electron chi connectivity index (χ3n) is 1.73. The second kappa shape index (κ2) is 4.86. The fourth-order valence-electron chi connectivity index (χ4n) is 0.985. The second-order valence-corrected chi connectivity index (χ2v) is 2.90. The highest BCUT2D eigenvalue weighted by Crippen LogP contribution is 2.06. The van der Waals surface area contributed by atoms with Crippen molar-refractivity contribution >= 4 is 17.4 Å². The third kappa shape index (κ3) is 2.88. The lowest BCUT2D eigenvalue weighted by atomic mass is 10.1. The highest BCUT2D eigenvalue weighted by Gasteiger charge is 2.22. The van der Waals surface area contributed by atoms with Gasteiger partial charge in [-0.3, -0.25) is 14.6 Å². The maximum atomic E-state index is 11.4. The van der Waals surface area contributed by atoms with E-state index in [9.17, 15) is 9.59 Å². The Hall–Kier alpha value is -2.22. The van der Waals surface area contributed by atoms with Crippen LogP contribution in [0.2, 0.25) is 0 Å². The van der Waals surface area contributed by atoms with E-state index >= 15 is 0 Å². The first-order valence-corrected chi connectivity index (χ1v) is 4.26. The zero-order valence-corrected chi connectivity index (χ0v) is 8.10. The predicted octanol–water partition coefficient (Wildman–Crippen LogP) is 0.749. The Morgan fingerprint density at radius 1 is 1.60 bits per heavy atom. The van der Waals surface area contributed by atoms with Crippen LogP contribution in [0, 0.1) is 17.2 Å². The monoisotopic (exact) mass is 203 g/mol. The lowest BCUT2D eigenvalue weighted by Gasteiger charge is -2.06. The van der Waals surface area contributed by atoms with Crippen molar-refractivity contribution in [3.05, 3.63) is 24.5 Å². The van der Waals surface area contributed by atoms with E-state index in [0.717, 1.165) is 0 Å². The molecule has 5 nitrogen and oxygen atoms in total. The summed E-state index contributed by atoms with van der Waals surface area (Å²) in [7, 11) is 0. The van der Waals surface area contributed by atoms with Crippen LogP contribution in [0.15, 0.2) is 24.5 Å².